The summed E-state index contributed by atoms with van der Waals surface area (Å²) in [5, 5.41) is 0.333. The molecule has 1 aliphatic heterocycles. The lowest BCUT2D eigenvalue weighted by atomic mass is 10.1. The van der Waals surface area contributed by atoms with Gasteiger partial charge in [0.15, 0.2) is 0 Å². The molecule has 0 aromatic rings. The van der Waals surface area contributed by atoms with Crippen LogP contribution in [-0.2, 0) is 8.95 Å². The van der Waals surface area contributed by atoms with Crippen molar-refractivity contribution in [1.29, 1.82) is 0 Å². The fourth-order valence-corrected chi connectivity index (χ4v) is 4.77. The molecule has 1 saturated heterocycles. The van der Waals surface area contributed by atoms with Crippen LogP contribution < -0.4 is 5.48 Å². The van der Waals surface area contributed by atoms with E-state index in [1.165, 1.54) is 32.1 Å². The Morgan fingerprint density at radius 2 is 2.05 bits per heavy atom. The van der Waals surface area contributed by atoms with Gasteiger partial charge in [-0.3, -0.25) is 4.53 Å². The molecule has 0 radical (unpaired) electrons. The standard InChI is InChI=1S/C15H33NO3SSi/c1-3-4-5-6-7-8-15(20)10-12-21(17)18-11-9-14(2)13-16-19-21/h14-17,20H,3-13H2,1-2H3. The summed E-state index contributed by atoms with van der Waals surface area (Å²) >= 11 is 4.63. The summed E-state index contributed by atoms with van der Waals surface area (Å²) in [6.07, 6.45) is 9.39. The second-order valence-electron chi connectivity index (χ2n) is 6.30. The van der Waals surface area contributed by atoms with E-state index in [-0.39, 0.29) is 0 Å². The Labute approximate surface area is 136 Å². The SMILES string of the molecule is CCCCCCCC(S)CC[Si]1(O)OCCC(C)CNO1. The number of nitrogens with one attached hydrogen (secondary N) is 1. The van der Waals surface area contributed by atoms with Crippen LogP contribution in [-0.4, -0.2) is 32.0 Å². The van der Waals surface area contributed by atoms with Crippen LogP contribution in [0.25, 0.3) is 0 Å². The second kappa shape index (κ2) is 11.0. The number of hydrogen-bond acceptors (Lipinski definition) is 5. The Kier molecular flexibility index (Phi) is 10.2. The maximum Gasteiger partial charge on any atom is 0.515 e. The summed E-state index contributed by atoms with van der Waals surface area (Å²) in [7, 11) is -3.03. The quantitative estimate of drug-likeness (QED) is 0.343. The van der Waals surface area contributed by atoms with Gasteiger partial charge in [0.1, 0.15) is 0 Å². The first-order valence-corrected chi connectivity index (χ1v) is 11.0. The van der Waals surface area contributed by atoms with E-state index in [4.69, 9.17) is 8.95 Å². The summed E-state index contributed by atoms with van der Waals surface area (Å²) in [5.74, 6) is 0.518. The van der Waals surface area contributed by atoms with Crippen LogP contribution in [0.4, 0.5) is 0 Å². The summed E-state index contributed by atoms with van der Waals surface area (Å²) in [6.45, 7) is 5.75. The molecular weight excluding hydrogens is 302 g/mol. The Morgan fingerprint density at radius 1 is 1.29 bits per heavy atom. The maximum absolute atomic E-state index is 10.5. The van der Waals surface area contributed by atoms with Crippen molar-refractivity contribution in [2.24, 2.45) is 5.92 Å². The van der Waals surface area contributed by atoms with Crippen molar-refractivity contribution in [3.63, 3.8) is 0 Å². The zero-order valence-corrected chi connectivity index (χ0v) is 15.5. The second-order valence-corrected chi connectivity index (χ2v) is 9.45. The van der Waals surface area contributed by atoms with Crippen molar-refractivity contribution >= 4 is 21.4 Å². The fourth-order valence-electron chi connectivity index (χ4n) is 2.45. The topological polar surface area (TPSA) is 50.7 Å². The van der Waals surface area contributed by atoms with E-state index in [0.717, 1.165) is 25.8 Å². The molecule has 0 aromatic heterocycles. The van der Waals surface area contributed by atoms with Gasteiger partial charge in [0.2, 0.25) is 0 Å². The zero-order valence-electron chi connectivity index (χ0n) is 13.6. The van der Waals surface area contributed by atoms with E-state index >= 15 is 0 Å². The predicted octanol–water partition coefficient (Wildman–Crippen LogP) is 3.54. The summed E-state index contributed by atoms with van der Waals surface area (Å²) in [5.41, 5.74) is 2.88. The van der Waals surface area contributed by atoms with Crippen LogP contribution in [0, 0.1) is 5.92 Å². The molecule has 2 N–H and O–H groups in total. The number of unbranched alkanes of at least 4 members (excludes halogenated alkanes) is 4. The lowest BCUT2D eigenvalue weighted by molar-refractivity contribution is 0.0218. The van der Waals surface area contributed by atoms with Crippen LogP contribution in [0.1, 0.15) is 65.2 Å². The molecular formula is C15H33NO3SSi. The fraction of sp³-hybridized carbons (Fsp3) is 1.00. The average molecular weight is 336 g/mol. The number of thiol groups is 1. The van der Waals surface area contributed by atoms with Crippen molar-refractivity contribution in [1.82, 2.24) is 5.48 Å². The van der Waals surface area contributed by atoms with Gasteiger partial charge in [-0.05, 0) is 25.2 Å². The highest BCUT2D eigenvalue weighted by molar-refractivity contribution is 7.80. The smallest absolute Gasteiger partial charge is 0.389 e. The molecule has 0 amide bonds. The first-order chi connectivity index (χ1) is 10.1. The molecule has 1 rings (SSSR count). The Hall–Kier alpha value is 0.407. The third-order valence-corrected chi connectivity index (χ3v) is 6.59. The van der Waals surface area contributed by atoms with E-state index in [9.17, 15) is 4.80 Å². The molecule has 0 spiro atoms. The monoisotopic (exact) mass is 335 g/mol. The van der Waals surface area contributed by atoms with Gasteiger partial charge in [-0.1, -0.05) is 46.0 Å². The van der Waals surface area contributed by atoms with Gasteiger partial charge in [-0.2, -0.15) is 12.6 Å². The molecule has 1 heterocycles. The van der Waals surface area contributed by atoms with E-state index in [0.29, 0.717) is 23.8 Å². The van der Waals surface area contributed by atoms with Crippen molar-refractivity contribution in [3.8, 4) is 0 Å². The number of hydroxylamine groups is 1. The van der Waals surface area contributed by atoms with Gasteiger partial charge < -0.3 is 9.22 Å². The van der Waals surface area contributed by atoms with Crippen LogP contribution in [0.5, 0.6) is 0 Å². The van der Waals surface area contributed by atoms with Gasteiger partial charge in [-0.25, -0.2) is 5.48 Å². The Morgan fingerprint density at radius 3 is 2.81 bits per heavy atom. The maximum atomic E-state index is 10.5. The van der Waals surface area contributed by atoms with Gasteiger partial charge in [0, 0.05) is 24.4 Å². The molecule has 0 bridgehead atoms. The number of rotatable bonds is 9. The van der Waals surface area contributed by atoms with E-state index in [1.54, 1.807) is 0 Å². The molecule has 0 aliphatic carbocycles. The van der Waals surface area contributed by atoms with Crippen LogP contribution in [0.3, 0.4) is 0 Å². The van der Waals surface area contributed by atoms with Gasteiger partial charge >= 0.3 is 8.80 Å². The van der Waals surface area contributed by atoms with Gasteiger partial charge in [-0.15, -0.1) is 0 Å². The highest BCUT2D eigenvalue weighted by atomic mass is 32.1. The van der Waals surface area contributed by atoms with Gasteiger partial charge in [0.05, 0.1) is 0 Å². The van der Waals surface area contributed by atoms with Crippen molar-refractivity contribution < 1.29 is 13.7 Å². The molecule has 0 aromatic carbocycles. The van der Waals surface area contributed by atoms with Crippen LogP contribution in [0.2, 0.25) is 6.04 Å². The van der Waals surface area contributed by atoms with Crippen molar-refractivity contribution in [3.05, 3.63) is 0 Å². The summed E-state index contributed by atoms with van der Waals surface area (Å²) in [4.78, 5) is 10.5. The van der Waals surface area contributed by atoms with Crippen molar-refractivity contribution in [2.75, 3.05) is 13.2 Å². The third kappa shape index (κ3) is 9.20. The molecule has 3 atom stereocenters. The Bertz CT molecular complexity index is 261. The normalized spacial score (nSPS) is 28.9. The highest BCUT2D eigenvalue weighted by Gasteiger charge is 2.38. The molecule has 21 heavy (non-hydrogen) atoms. The average Bonchev–Trinajstić information content (AvgIpc) is 2.43. The molecule has 0 saturated carbocycles. The largest absolute Gasteiger partial charge is 0.515 e. The molecule has 1 aliphatic rings. The minimum absolute atomic E-state index is 0.333. The minimum atomic E-state index is -3.03. The Balaban J connectivity index is 2.16. The van der Waals surface area contributed by atoms with Crippen LogP contribution in [0.15, 0.2) is 0 Å². The first kappa shape index (κ1) is 19.5. The molecule has 4 nitrogen and oxygen atoms in total. The molecule has 3 unspecified atom stereocenters. The third-order valence-electron chi connectivity index (χ3n) is 4.04. The first-order valence-electron chi connectivity index (χ1n) is 8.51. The van der Waals surface area contributed by atoms with E-state index in [2.05, 4.69) is 32.0 Å². The molecule has 6 heteroatoms. The van der Waals surface area contributed by atoms with Crippen LogP contribution >= 0.6 is 12.6 Å². The molecule has 126 valence electrons. The summed E-state index contributed by atoms with van der Waals surface area (Å²) in [6, 6.07) is 0.595. The predicted molar refractivity (Wildman–Crippen MR) is 92.4 cm³/mol. The van der Waals surface area contributed by atoms with E-state index in [1.807, 2.05) is 0 Å². The zero-order chi connectivity index (χ0) is 15.6. The highest BCUT2D eigenvalue weighted by Crippen LogP contribution is 2.21. The summed E-state index contributed by atoms with van der Waals surface area (Å²) < 4.78 is 11.1. The lowest BCUT2D eigenvalue weighted by Gasteiger charge is -2.29. The van der Waals surface area contributed by atoms with Gasteiger partial charge in [0.25, 0.3) is 0 Å². The lowest BCUT2D eigenvalue weighted by Crippen LogP contribution is -2.49. The minimum Gasteiger partial charge on any atom is -0.389 e. The van der Waals surface area contributed by atoms with E-state index < -0.39 is 8.80 Å². The number of hydrogen-bond donors (Lipinski definition) is 3. The van der Waals surface area contributed by atoms with Crippen molar-refractivity contribution in [2.45, 2.75) is 76.5 Å². The molecule has 1 fully saturated rings.